The van der Waals surface area contributed by atoms with E-state index < -0.39 is 10.8 Å². The number of aromatic hydroxyl groups is 1. The summed E-state index contributed by atoms with van der Waals surface area (Å²) < 4.78 is 10.9. The summed E-state index contributed by atoms with van der Waals surface area (Å²) in [4.78, 5) is 16.2. The van der Waals surface area contributed by atoms with Gasteiger partial charge in [-0.3, -0.25) is 9.69 Å². The summed E-state index contributed by atoms with van der Waals surface area (Å²) in [5.74, 6) is 0.629. The normalized spacial score (nSPS) is 28.9. The molecule has 1 aliphatic heterocycles. The van der Waals surface area contributed by atoms with E-state index in [1.165, 1.54) is 23.8 Å². The molecule has 7 rings (SSSR count). The Bertz CT molecular complexity index is 1270. The molecular weight excluding hydrogens is 438 g/mol. The first-order chi connectivity index (χ1) is 17.0. The number of carbonyl (C=O) groups excluding carboxylic acids is 1. The molecule has 1 heterocycles. The molecule has 3 aliphatic carbocycles. The zero-order chi connectivity index (χ0) is 24.2. The number of phenolic OH excluding ortho intramolecular Hbond substituents is 1. The molecule has 0 aromatic heterocycles. The van der Waals surface area contributed by atoms with E-state index in [0.29, 0.717) is 12.3 Å². The minimum Gasteiger partial charge on any atom is -0.504 e. The highest BCUT2D eigenvalue weighted by molar-refractivity contribution is 5.82. The summed E-state index contributed by atoms with van der Waals surface area (Å²) in [6, 6.07) is 24.8. The SMILES string of the molecule is COC(=O)C12CN(Cc3ccccc3)CC1C1(c3ccc(OC)c(O)c3)CCC2c2ccccc21. The van der Waals surface area contributed by atoms with E-state index in [1.807, 2.05) is 18.2 Å². The molecule has 180 valence electrons. The summed E-state index contributed by atoms with van der Waals surface area (Å²) in [6.07, 6.45) is 1.84. The van der Waals surface area contributed by atoms with E-state index >= 15 is 0 Å². The van der Waals surface area contributed by atoms with Crippen molar-refractivity contribution in [2.45, 2.75) is 30.7 Å². The highest BCUT2D eigenvalue weighted by atomic mass is 16.5. The van der Waals surface area contributed by atoms with Crippen molar-refractivity contribution < 1.29 is 19.4 Å². The lowest BCUT2D eigenvalue weighted by molar-refractivity contribution is -0.161. The minimum atomic E-state index is -0.633. The number of rotatable bonds is 5. The van der Waals surface area contributed by atoms with Crippen LogP contribution in [-0.4, -0.2) is 43.3 Å². The number of nitrogens with zero attached hydrogens (tertiary/aromatic N) is 1. The Morgan fingerprint density at radius 2 is 1.83 bits per heavy atom. The predicted octanol–water partition coefficient (Wildman–Crippen LogP) is 4.87. The topological polar surface area (TPSA) is 59.0 Å². The number of methoxy groups -OCH3 is 2. The second-order valence-corrected chi connectivity index (χ2v) is 10.3. The fraction of sp³-hybridized carbons (Fsp3) is 0.367. The number of benzene rings is 3. The summed E-state index contributed by atoms with van der Waals surface area (Å²) in [7, 11) is 3.09. The Balaban J connectivity index is 1.55. The van der Waals surface area contributed by atoms with Gasteiger partial charge < -0.3 is 14.6 Å². The van der Waals surface area contributed by atoms with Crippen LogP contribution in [0.5, 0.6) is 11.5 Å². The molecule has 1 N–H and O–H groups in total. The van der Waals surface area contributed by atoms with Crippen LogP contribution in [0, 0.1) is 11.3 Å². The van der Waals surface area contributed by atoms with E-state index in [-0.39, 0.29) is 23.6 Å². The number of fused-ring (bicyclic) bond motifs is 1. The molecule has 3 aromatic carbocycles. The molecule has 3 aromatic rings. The molecule has 2 fully saturated rings. The summed E-state index contributed by atoms with van der Waals surface area (Å²) in [5, 5.41) is 10.8. The molecule has 5 nitrogen and oxygen atoms in total. The van der Waals surface area contributed by atoms with Gasteiger partial charge in [0.25, 0.3) is 0 Å². The average molecular weight is 470 g/mol. The summed E-state index contributed by atoms with van der Waals surface area (Å²) in [5.41, 5.74) is 3.79. The maximum absolute atomic E-state index is 13.8. The molecule has 0 radical (unpaired) electrons. The van der Waals surface area contributed by atoms with Gasteiger partial charge in [-0.15, -0.1) is 0 Å². The van der Waals surface area contributed by atoms with Crippen molar-refractivity contribution in [3.63, 3.8) is 0 Å². The lowest BCUT2D eigenvalue weighted by Gasteiger charge is -2.59. The Morgan fingerprint density at radius 1 is 1.06 bits per heavy atom. The molecule has 35 heavy (non-hydrogen) atoms. The highest BCUT2D eigenvalue weighted by Crippen LogP contribution is 2.69. The van der Waals surface area contributed by atoms with Gasteiger partial charge in [-0.2, -0.15) is 0 Å². The van der Waals surface area contributed by atoms with Crippen LogP contribution in [0.2, 0.25) is 0 Å². The predicted molar refractivity (Wildman–Crippen MR) is 134 cm³/mol. The van der Waals surface area contributed by atoms with Gasteiger partial charge >= 0.3 is 5.97 Å². The minimum absolute atomic E-state index is 0.0348. The Morgan fingerprint density at radius 3 is 2.57 bits per heavy atom. The van der Waals surface area contributed by atoms with E-state index in [1.54, 1.807) is 7.11 Å². The molecule has 1 saturated carbocycles. The number of hydrogen-bond donors (Lipinski definition) is 1. The van der Waals surface area contributed by atoms with Crippen molar-refractivity contribution in [3.05, 3.63) is 95.1 Å². The van der Waals surface area contributed by atoms with Gasteiger partial charge in [0.1, 0.15) is 0 Å². The monoisotopic (exact) mass is 469 g/mol. The molecule has 4 aliphatic rings. The summed E-state index contributed by atoms with van der Waals surface area (Å²) in [6.45, 7) is 2.26. The third kappa shape index (κ3) is 3.00. The molecule has 5 heteroatoms. The van der Waals surface area contributed by atoms with E-state index in [0.717, 1.165) is 31.5 Å². The van der Waals surface area contributed by atoms with Gasteiger partial charge in [0.15, 0.2) is 11.5 Å². The first-order valence-electron chi connectivity index (χ1n) is 12.4. The quantitative estimate of drug-likeness (QED) is 0.541. The van der Waals surface area contributed by atoms with E-state index in [9.17, 15) is 9.90 Å². The lowest BCUT2D eigenvalue weighted by Crippen LogP contribution is -2.60. The molecule has 4 atom stereocenters. The second-order valence-electron chi connectivity index (χ2n) is 10.3. The third-order valence-electron chi connectivity index (χ3n) is 8.92. The van der Waals surface area contributed by atoms with Gasteiger partial charge in [-0.1, -0.05) is 60.7 Å². The Labute approximate surface area is 206 Å². The molecule has 0 spiro atoms. The van der Waals surface area contributed by atoms with Gasteiger partial charge in [-0.05, 0) is 47.2 Å². The standard InChI is InChI=1S/C30H31NO4/c1-34-26-13-12-21(16-25(26)32)29-15-14-24(22-10-6-7-11-23(22)29)30(28(33)35-2)19-31(18-27(29)30)17-20-8-4-3-5-9-20/h3-13,16,24,27,32H,14-15,17-19H2,1-2H3. The van der Waals surface area contributed by atoms with Crippen LogP contribution in [0.15, 0.2) is 72.8 Å². The van der Waals surface area contributed by atoms with Crippen LogP contribution < -0.4 is 4.74 Å². The molecule has 1 saturated heterocycles. The van der Waals surface area contributed by atoms with E-state index in [2.05, 4.69) is 59.5 Å². The average Bonchev–Trinajstić information content (AvgIpc) is 3.30. The fourth-order valence-corrected chi connectivity index (χ4v) is 7.65. The van der Waals surface area contributed by atoms with Gasteiger partial charge in [0.2, 0.25) is 0 Å². The fourth-order valence-electron chi connectivity index (χ4n) is 7.65. The first-order valence-corrected chi connectivity index (χ1v) is 12.4. The zero-order valence-corrected chi connectivity index (χ0v) is 20.2. The largest absolute Gasteiger partial charge is 0.504 e. The van der Waals surface area contributed by atoms with Crippen LogP contribution >= 0.6 is 0 Å². The number of hydrogen-bond acceptors (Lipinski definition) is 5. The van der Waals surface area contributed by atoms with Crippen LogP contribution in [0.25, 0.3) is 0 Å². The number of likely N-dealkylation sites (tertiary alicyclic amines) is 1. The number of carbonyl (C=O) groups is 1. The zero-order valence-electron chi connectivity index (χ0n) is 20.2. The van der Waals surface area contributed by atoms with Gasteiger partial charge in [0.05, 0.1) is 19.6 Å². The van der Waals surface area contributed by atoms with Crippen LogP contribution in [0.1, 0.15) is 41.0 Å². The number of phenols is 1. The molecule has 4 unspecified atom stereocenters. The van der Waals surface area contributed by atoms with Gasteiger partial charge in [0, 0.05) is 36.9 Å². The smallest absolute Gasteiger partial charge is 0.314 e. The Kier molecular flexibility index (Phi) is 5.15. The first kappa shape index (κ1) is 22.2. The molecule has 0 amide bonds. The van der Waals surface area contributed by atoms with Crippen molar-refractivity contribution in [1.82, 2.24) is 4.90 Å². The van der Waals surface area contributed by atoms with Crippen molar-refractivity contribution in [1.29, 1.82) is 0 Å². The maximum atomic E-state index is 13.8. The number of esters is 1. The third-order valence-corrected chi connectivity index (χ3v) is 8.92. The highest BCUT2D eigenvalue weighted by Gasteiger charge is 2.70. The van der Waals surface area contributed by atoms with Crippen molar-refractivity contribution in [2.75, 3.05) is 27.3 Å². The summed E-state index contributed by atoms with van der Waals surface area (Å²) >= 11 is 0. The maximum Gasteiger partial charge on any atom is 0.314 e. The van der Waals surface area contributed by atoms with Crippen molar-refractivity contribution in [2.24, 2.45) is 11.3 Å². The second kappa shape index (κ2) is 8.13. The van der Waals surface area contributed by atoms with Crippen LogP contribution in [-0.2, 0) is 21.5 Å². The van der Waals surface area contributed by atoms with Crippen molar-refractivity contribution in [3.8, 4) is 11.5 Å². The van der Waals surface area contributed by atoms with Crippen molar-refractivity contribution >= 4 is 5.97 Å². The van der Waals surface area contributed by atoms with Crippen LogP contribution in [0.4, 0.5) is 0 Å². The Hall–Kier alpha value is -3.31. The molecular formula is C30H31NO4. The lowest BCUT2D eigenvalue weighted by atomic mass is 9.42. The number of ether oxygens (including phenoxy) is 2. The van der Waals surface area contributed by atoms with E-state index in [4.69, 9.17) is 9.47 Å². The molecule has 2 bridgehead atoms. The van der Waals surface area contributed by atoms with Gasteiger partial charge in [-0.25, -0.2) is 0 Å². The van der Waals surface area contributed by atoms with Crippen LogP contribution in [0.3, 0.4) is 0 Å².